The number of carbonyl (C=O) groups excluding carboxylic acids is 1. The van der Waals surface area contributed by atoms with Crippen LogP contribution in [0.4, 0.5) is 10.1 Å². The number of aromatic nitrogens is 2. The number of benzene rings is 2. The van der Waals surface area contributed by atoms with Gasteiger partial charge in [0.25, 0.3) is 5.91 Å². The van der Waals surface area contributed by atoms with Gasteiger partial charge in [0.15, 0.2) is 5.69 Å². The van der Waals surface area contributed by atoms with E-state index in [1.165, 1.54) is 0 Å². The molecule has 148 valence electrons. The van der Waals surface area contributed by atoms with E-state index in [1.54, 1.807) is 6.07 Å². The lowest BCUT2D eigenvalue weighted by molar-refractivity contribution is 0.102. The molecule has 5 nitrogen and oxygen atoms in total. The van der Waals surface area contributed by atoms with Gasteiger partial charge in [-0.3, -0.25) is 4.79 Å². The smallest absolute Gasteiger partial charge is 0.276 e. The van der Waals surface area contributed by atoms with Crippen molar-refractivity contribution in [2.75, 3.05) is 11.9 Å². The second-order valence-corrected chi connectivity index (χ2v) is 7.77. The predicted molar refractivity (Wildman–Crippen MR) is 110 cm³/mol. The summed E-state index contributed by atoms with van der Waals surface area (Å²) in [4.78, 5) is 13.1. The first-order valence-corrected chi connectivity index (χ1v) is 10.1. The average Bonchev–Trinajstić information content (AvgIpc) is 3.34. The van der Waals surface area contributed by atoms with Gasteiger partial charge in [0.1, 0.15) is 5.82 Å². The van der Waals surface area contributed by atoms with Gasteiger partial charge in [-0.25, -0.2) is 9.07 Å². The molecule has 0 fully saturated rings. The van der Waals surface area contributed by atoms with E-state index in [0.717, 1.165) is 53.9 Å². The van der Waals surface area contributed by atoms with Crippen molar-refractivity contribution in [2.24, 2.45) is 0 Å². The first-order chi connectivity index (χ1) is 14.1. The van der Waals surface area contributed by atoms with Gasteiger partial charge in [0, 0.05) is 17.8 Å². The number of carbonyl (C=O) groups is 1. The van der Waals surface area contributed by atoms with E-state index in [9.17, 15) is 9.18 Å². The summed E-state index contributed by atoms with van der Waals surface area (Å²) in [6, 6.07) is 11.6. The largest absolute Gasteiger partial charge is 0.318 e. The maximum absolute atomic E-state index is 15.0. The van der Waals surface area contributed by atoms with Crippen LogP contribution in [0.15, 0.2) is 36.4 Å². The number of para-hydroxylation sites is 1. The van der Waals surface area contributed by atoms with E-state index in [0.29, 0.717) is 24.2 Å². The van der Waals surface area contributed by atoms with Gasteiger partial charge in [-0.2, -0.15) is 5.10 Å². The van der Waals surface area contributed by atoms with Crippen molar-refractivity contribution < 1.29 is 9.18 Å². The number of nitrogens with one attached hydrogen (secondary N) is 2. The molecule has 0 radical (unpaired) electrons. The van der Waals surface area contributed by atoms with Crippen LogP contribution in [0.3, 0.4) is 0 Å². The van der Waals surface area contributed by atoms with Crippen LogP contribution >= 0.6 is 0 Å². The summed E-state index contributed by atoms with van der Waals surface area (Å²) in [6.45, 7) is 3.44. The van der Waals surface area contributed by atoms with Crippen molar-refractivity contribution in [3.63, 3.8) is 0 Å². The monoisotopic (exact) mass is 390 g/mol. The molecule has 1 aliphatic heterocycles. The molecule has 2 aliphatic rings. The highest BCUT2D eigenvalue weighted by Crippen LogP contribution is 2.30. The fourth-order valence-electron chi connectivity index (χ4n) is 4.43. The number of hydrogen-bond donors (Lipinski definition) is 2. The number of anilines is 1. The van der Waals surface area contributed by atoms with Crippen molar-refractivity contribution in [2.45, 2.75) is 39.2 Å². The van der Waals surface area contributed by atoms with Crippen molar-refractivity contribution in [3.05, 3.63) is 75.9 Å². The second-order valence-electron chi connectivity index (χ2n) is 7.77. The fourth-order valence-corrected chi connectivity index (χ4v) is 4.43. The molecule has 2 N–H and O–H groups in total. The minimum Gasteiger partial charge on any atom is -0.318 e. The van der Waals surface area contributed by atoms with Gasteiger partial charge >= 0.3 is 0 Å². The van der Waals surface area contributed by atoms with Crippen LogP contribution in [-0.4, -0.2) is 22.2 Å². The highest BCUT2D eigenvalue weighted by Gasteiger charge is 2.28. The maximum Gasteiger partial charge on any atom is 0.276 e. The number of hydrogen-bond acceptors (Lipinski definition) is 3. The number of nitrogens with zero attached hydrogens (tertiary/aromatic N) is 2. The van der Waals surface area contributed by atoms with Crippen molar-refractivity contribution >= 4 is 11.6 Å². The summed E-state index contributed by atoms with van der Waals surface area (Å²) in [7, 11) is 0. The molecule has 0 saturated heterocycles. The Balaban J connectivity index is 1.50. The third-order valence-corrected chi connectivity index (χ3v) is 5.94. The highest BCUT2D eigenvalue weighted by molar-refractivity contribution is 6.04. The average molecular weight is 390 g/mol. The molecule has 2 heterocycles. The third-order valence-electron chi connectivity index (χ3n) is 5.94. The zero-order valence-electron chi connectivity index (χ0n) is 16.4. The molecule has 0 atom stereocenters. The predicted octanol–water partition coefficient (Wildman–Crippen LogP) is 3.71. The lowest BCUT2D eigenvalue weighted by Gasteiger charge is -2.19. The topological polar surface area (TPSA) is 59.0 Å². The molecule has 0 unspecified atom stereocenters. The van der Waals surface area contributed by atoms with E-state index >= 15 is 0 Å². The minimum atomic E-state index is -0.344. The molecule has 6 heteroatoms. The van der Waals surface area contributed by atoms with Gasteiger partial charge in [-0.05, 0) is 68.0 Å². The molecule has 5 rings (SSSR count). The molecular weight excluding hydrogens is 367 g/mol. The summed E-state index contributed by atoms with van der Waals surface area (Å²) in [6.07, 6.45) is 3.34. The highest BCUT2D eigenvalue weighted by atomic mass is 19.1. The lowest BCUT2D eigenvalue weighted by Crippen LogP contribution is -2.25. The summed E-state index contributed by atoms with van der Waals surface area (Å²) in [5, 5.41) is 10.7. The maximum atomic E-state index is 15.0. The van der Waals surface area contributed by atoms with Gasteiger partial charge in [-0.1, -0.05) is 24.3 Å². The first-order valence-electron chi connectivity index (χ1n) is 10.1. The van der Waals surface area contributed by atoms with Crippen LogP contribution in [0.2, 0.25) is 0 Å². The minimum absolute atomic E-state index is 0.229. The van der Waals surface area contributed by atoms with Crippen LogP contribution in [0, 0.1) is 12.7 Å². The van der Waals surface area contributed by atoms with E-state index in [2.05, 4.69) is 15.7 Å². The zero-order valence-corrected chi connectivity index (χ0v) is 16.4. The Hall–Kier alpha value is -2.99. The molecule has 0 spiro atoms. The third kappa shape index (κ3) is 3.04. The lowest BCUT2D eigenvalue weighted by atomic mass is 9.99. The number of fused-ring (bicyclic) bond motifs is 2. The molecule has 0 saturated carbocycles. The Morgan fingerprint density at radius 3 is 2.86 bits per heavy atom. The molecule has 3 aromatic rings. The van der Waals surface area contributed by atoms with Crippen molar-refractivity contribution in [1.82, 2.24) is 15.1 Å². The Morgan fingerprint density at radius 1 is 1.14 bits per heavy atom. The van der Waals surface area contributed by atoms with Gasteiger partial charge in [0.2, 0.25) is 0 Å². The molecular formula is C23H23FN4O. The van der Waals surface area contributed by atoms with E-state index in [-0.39, 0.29) is 17.4 Å². The second kappa shape index (κ2) is 7.12. The first kappa shape index (κ1) is 18.1. The van der Waals surface area contributed by atoms with Crippen LogP contribution < -0.4 is 10.6 Å². The normalized spacial score (nSPS) is 15.1. The summed E-state index contributed by atoms with van der Waals surface area (Å²) in [5.74, 6) is -0.671. The Labute approximate surface area is 168 Å². The van der Waals surface area contributed by atoms with E-state index in [1.807, 2.05) is 41.9 Å². The number of halogens is 1. The summed E-state index contributed by atoms with van der Waals surface area (Å²) in [5.41, 5.74) is 6.43. The van der Waals surface area contributed by atoms with E-state index < -0.39 is 0 Å². The molecule has 0 bridgehead atoms. The van der Waals surface area contributed by atoms with Crippen molar-refractivity contribution in [3.8, 4) is 5.69 Å². The summed E-state index contributed by atoms with van der Waals surface area (Å²) < 4.78 is 16.8. The molecule has 29 heavy (non-hydrogen) atoms. The molecule has 1 aliphatic carbocycles. The van der Waals surface area contributed by atoms with E-state index in [4.69, 9.17) is 0 Å². The number of aryl methyl sites for hydroxylation is 1. The van der Waals surface area contributed by atoms with Crippen LogP contribution in [0.1, 0.15) is 44.9 Å². The number of amides is 1. The zero-order chi connectivity index (χ0) is 20.0. The molecule has 1 amide bonds. The standard InChI is InChI=1S/C23H23FN4O/c1-14-5-2-3-7-19(14)28-20-8-4-6-17(20)22(27-28)23(29)26-18-10-9-15-13-25-12-11-16(15)21(18)24/h2-3,5,7,9-10,25H,4,6,8,11-13H2,1H3,(H,26,29). The van der Waals surface area contributed by atoms with Crippen LogP contribution in [0.25, 0.3) is 5.69 Å². The summed E-state index contributed by atoms with van der Waals surface area (Å²) >= 11 is 0. The Morgan fingerprint density at radius 2 is 2.00 bits per heavy atom. The van der Waals surface area contributed by atoms with Gasteiger partial charge in [0.05, 0.1) is 11.4 Å². The van der Waals surface area contributed by atoms with Crippen LogP contribution in [0.5, 0.6) is 0 Å². The fraction of sp³-hybridized carbons (Fsp3) is 0.304. The quantitative estimate of drug-likeness (QED) is 0.717. The van der Waals surface area contributed by atoms with Gasteiger partial charge in [-0.15, -0.1) is 0 Å². The molecule has 2 aromatic carbocycles. The Kier molecular flexibility index (Phi) is 4.43. The van der Waals surface area contributed by atoms with Gasteiger partial charge < -0.3 is 10.6 Å². The number of rotatable bonds is 3. The van der Waals surface area contributed by atoms with Crippen molar-refractivity contribution in [1.29, 1.82) is 0 Å². The van der Waals surface area contributed by atoms with Crippen LogP contribution in [-0.2, 0) is 25.8 Å². The molecule has 1 aromatic heterocycles. The SMILES string of the molecule is Cc1ccccc1-n1nc(C(=O)Nc2ccc3c(c2F)CCNC3)c2c1CCC2. The Bertz CT molecular complexity index is 1120.